The van der Waals surface area contributed by atoms with Crippen LogP contribution in [0.3, 0.4) is 0 Å². The molecule has 0 bridgehead atoms. The van der Waals surface area contributed by atoms with E-state index in [0.717, 1.165) is 25.7 Å². The molecule has 1 saturated carbocycles. The van der Waals surface area contributed by atoms with Gasteiger partial charge in [0, 0.05) is 19.5 Å². The predicted molar refractivity (Wildman–Crippen MR) is 95.0 cm³/mol. The summed E-state index contributed by atoms with van der Waals surface area (Å²) in [6.45, 7) is 3.03. The summed E-state index contributed by atoms with van der Waals surface area (Å²) in [5.74, 6) is -1.25. The lowest BCUT2D eigenvalue weighted by Crippen LogP contribution is -2.47. The number of hydrogen-bond acceptors (Lipinski definition) is 6. The molecule has 0 radical (unpaired) electrons. The van der Waals surface area contributed by atoms with E-state index in [1.54, 1.807) is 6.92 Å². The molecule has 0 aromatic rings. The third kappa shape index (κ3) is 5.43. The van der Waals surface area contributed by atoms with Gasteiger partial charge in [-0.05, 0) is 32.1 Å². The Labute approximate surface area is 154 Å². The highest BCUT2D eigenvalue weighted by Crippen LogP contribution is 2.28. The van der Waals surface area contributed by atoms with Crippen molar-refractivity contribution in [1.82, 2.24) is 10.2 Å². The van der Waals surface area contributed by atoms with Crippen molar-refractivity contribution in [3.63, 3.8) is 0 Å². The number of carbonyl (C=O) groups is 3. The zero-order valence-corrected chi connectivity index (χ0v) is 16.2. The molecule has 2 atom stereocenters. The number of esters is 1. The molecule has 2 aliphatic rings. The van der Waals surface area contributed by atoms with Crippen LogP contribution in [0.4, 0.5) is 0 Å². The van der Waals surface area contributed by atoms with Gasteiger partial charge in [-0.2, -0.15) is 0 Å². The van der Waals surface area contributed by atoms with E-state index in [-0.39, 0.29) is 29.4 Å². The van der Waals surface area contributed by atoms with Gasteiger partial charge in [0.05, 0.1) is 11.5 Å². The smallest absolute Gasteiger partial charge is 0.329 e. The van der Waals surface area contributed by atoms with Gasteiger partial charge >= 0.3 is 5.97 Å². The van der Waals surface area contributed by atoms with E-state index >= 15 is 0 Å². The van der Waals surface area contributed by atoms with Gasteiger partial charge in [-0.25, -0.2) is 13.2 Å². The van der Waals surface area contributed by atoms with Gasteiger partial charge in [-0.3, -0.25) is 9.59 Å². The topological polar surface area (TPSA) is 110 Å². The zero-order valence-electron chi connectivity index (χ0n) is 15.4. The van der Waals surface area contributed by atoms with E-state index in [4.69, 9.17) is 4.74 Å². The Kier molecular flexibility index (Phi) is 7.02. The molecule has 1 saturated heterocycles. The predicted octanol–water partition coefficient (Wildman–Crippen LogP) is 0.260. The fraction of sp³-hybridized carbons (Fsp3) is 0.824. The number of nitrogens with one attached hydrogen (secondary N) is 1. The lowest BCUT2D eigenvalue weighted by molar-refractivity contribution is -0.156. The standard InChI is InChI=1S/C17H28N2O6S/c1-3-19(14-8-9-26(23,24)11-14)15(21)10-25-17(22)16(18-12(2)20)13-6-4-5-7-13/h13-14,16H,3-11H2,1-2H3,(H,18,20). The van der Waals surface area contributed by atoms with Gasteiger partial charge in [0.15, 0.2) is 16.4 Å². The molecule has 1 aliphatic heterocycles. The number of carbonyl (C=O) groups excluding carboxylic acids is 3. The minimum absolute atomic E-state index is 0.0313. The van der Waals surface area contributed by atoms with Crippen LogP contribution in [0, 0.1) is 5.92 Å². The van der Waals surface area contributed by atoms with Crippen LogP contribution in [-0.2, 0) is 29.0 Å². The second-order valence-corrected chi connectivity index (χ2v) is 9.30. The van der Waals surface area contributed by atoms with Crippen LogP contribution in [0.15, 0.2) is 0 Å². The highest BCUT2D eigenvalue weighted by molar-refractivity contribution is 7.91. The largest absolute Gasteiger partial charge is 0.454 e. The monoisotopic (exact) mass is 388 g/mol. The molecule has 2 fully saturated rings. The molecular weight excluding hydrogens is 360 g/mol. The Morgan fingerprint density at radius 2 is 1.85 bits per heavy atom. The summed E-state index contributed by atoms with van der Waals surface area (Å²) in [4.78, 5) is 37.7. The molecule has 2 unspecified atom stereocenters. The first-order valence-corrected chi connectivity index (χ1v) is 11.0. The normalized spacial score (nSPS) is 23.4. The second kappa shape index (κ2) is 8.83. The van der Waals surface area contributed by atoms with Gasteiger partial charge < -0.3 is 15.0 Å². The molecule has 26 heavy (non-hydrogen) atoms. The summed E-state index contributed by atoms with van der Waals surface area (Å²) in [7, 11) is -3.10. The van der Waals surface area contributed by atoms with Gasteiger partial charge in [-0.1, -0.05) is 12.8 Å². The summed E-state index contributed by atoms with van der Waals surface area (Å²) in [5, 5.41) is 2.64. The Morgan fingerprint density at radius 3 is 2.35 bits per heavy atom. The minimum Gasteiger partial charge on any atom is -0.454 e. The molecule has 148 valence electrons. The minimum atomic E-state index is -3.10. The Hall–Kier alpha value is -1.64. The fourth-order valence-electron chi connectivity index (χ4n) is 3.84. The van der Waals surface area contributed by atoms with Crippen molar-refractivity contribution in [1.29, 1.82) is 0 Å². The first-order valence-electron chi connectivity index (χ1n) is 9.17. The maximum Gasteiger partial charge on any atom is 0.329 e. The first kappa shape index (κ1) is 20.7. The van der Waals surface area contributed by atoms with Crippen LogP contribution in [0.5, 0.6) is 0 Å². The van der Waals surface area contributed by atoms with E-state index in [2.05, 4.69) is 5.32 Å². The van der Waals surface area contributed by atoms with E-state index in [0.29, 0.717) is 13.0 Å². The van der Waals surface area contributed by atoms with Gasteiger partial charge in [-0.15, -0.1) is 0 Å². The van der Waals surface area contributed by atoms with Crippen LogP contribution in [0.2, 0.25) is 0 Å². The van der Waals surface area contributed by atoms with Crippen molar-refractivity contribution >= 4 is 27.6 Å². The summed E-state index contributed by atoms with van der Waals surface area (Å²) in [6.07, 6.45) is 4.11. The molecule has 2 rings (SSSR count). The number of nitrogens with zero attached hydrogens (tertiary/aromatic N) is 1. The molecule has 1 aliphatic carbocycles. The average molecular weight is 388 g/mol. The number of amides is 2. The third-order valence-corrected chi connectivity index (χ3v) is 6.88. The van der Waals surface area contributed by atoms with Crippen LogP contribution in [-0.4, -0.2) is 67.8 Å². The van der Waals surface area contributed by atoms with Crippen molar-refractivity contribution in [2.75, 3.05) is 24.7 Å². The summed E-state index contributed by atoms with van der Waals surface area (Å²) < 4.78 is 28.4. The first-order chi connectivity index (χ1) is 12.2. The molecule has 0 aromatic heterocycles. The lowest BCUT2D eigenvalue weighted by Gasteiger charge is -2.27. The van der Waals surface area contributed by atoms with E-state index in [9.17, 15) is 22.8 Å². The Bertz CT molecular complexity index is 642. The summed E-state index contributed by atoms with van der Waals surface area (Å²) in [6, 6.07) is -1.10. The SMILES string of the molecule is CCN(C(=O)COC(=O)C(NC(C)=O)C1CCCC1)C1CCS(=O)(=O)C1. The average Bonchev–Trinajstić information content (AvgIpc) is 3.20. The van der Waals surface area contributed by atoms with E-state index in [1.165, 1.54) is 11.8 Å². The highest BCUT2D eigenvalue weighted by atomic mass is 32.2. The summed E-state index contributed by atoms with van der Waals surface area (Å²) >= 11 is 0. The van der Waals surface area contributed by atoms with E-state index in [1.807, 2.05) is 0 Å². The Balaban J connectivity index is 1.92. The number of likely N-dealkylation sites (N-methyl/N-ethyl adjacent to an activating group) is 1. The number of hydrogen-bond donors (Lipinski definition) is 1. The van der Waals surface area contributed by atoms with E-state index < -0.39 is 34.4 Å². The van der Waals surface area contributed by atoms with Crippen molar-refractivity contribution in [2.45, 2.75) is 58.0 Å². The molecule has 0 aromatic carbocycles. The zero-order chi connectivity index (χ0) is 19.3. The highest BCUT2D eigenvalue weighted by Gasteiger charge is 2.36. The second-order valence-electron chi connectivity index (χ2n) is 7.07. The van der Waals surface area contributed by atoms with Crippen molar-refractivity contribution < 1.29 is 27.5 Å². The molecule has 1 heterocycles. The van der Waals surface area contributed by atoms with Crippen molar-refractivity contribution in [2.24, 2.45) is 5.92 Å². The number of rotatable bonds is 7. The van der Waals surface area contributed by atoms with Crippen molar-refractivity contribution in [3.05, 3.63) is 0 Å². The molecule has 2 amide bonds. The van der Waals surface area contributed by atoms with Crippen LogP contribution in [0.25, 0.3) is 0 Å². The molecule has 8 nitrogen and oxygen atoms in total. The number of ether oxygens (including phenoxy) is 1. The third-order valence-electron chi connectivity index (χ3n) is 5.13. The molecular formula is C17H28N2O6S. The lowest BCUT2D eigenvalue weighted by atomic mass is 9.98. The molecule has 9 heteroatoms. The molecule has 0 spiro atoms. The maximum absolute atomic E-state index is 12.4. The van der Waals surface area contributed by atoms with Crippen LogP contribution < -0.4 is 5.32 Å². The quantitative estimate of drug-likeness (QED) is 0.627. The van der Waals surface area contributed by atoms with Crippen molar-refractivity contribution in [3.8, 4) is 0 Å². The maximum atomic E-state index is 12.4. The van der Waals surface area contributed by atoms with Crippen LogP contribution >= 0.6 is 0 Å². The molecule has 1 N–H and O–H groups in total. The van der Waals surface area contributed by atoms with Gasteiger partial charge in [0.25, 0.3) is 5.91 Å². The van der Waals surface area contributed by atoms with Crippen LogP contribution in [0.1, 0.15) is 46.0 Å². The van der Waals surface area contributed by atoms with Gasteiger partial charge in [0.1, 0.15) is 6.04 Å². The number of sulfone groups is 1. The Morgan fingerprint density at radius 1 is 1.19 bits per heavy atom. The van der Waals surface area contributed by atoms with Gasteiger partial charge in [0.2, 0.25) is 5.91 Å². The fourth-order valence-corrected chi connectivity index (χ4v) is 5.57. The summed E-state index contributed by atoms with van der Waals surface area (Å²) in [5.41, 5.74) is 0.